The van der Waals surface area contributed by atoms with E-state index in [9.17, 15) is 4.79 Å². The van der Waals surface area contributed by atoms with Crippen molar-refractivity contribution in [2.24, 2.45) is 5.92 Å². The third-order valence-electron chi connectivity index (χ3n) is 1.74. The average molecular weight is 145 g/mol. The Kier molecular flexibility index (Phi) is 2.24. The topological polar surface area (TPSA) is 69.6 Å². The molecule has 0 spiro atoms. The van der Waals surface area contributed by atoms with Crippen LogP contribution < -0.4 is 5.32 Å². The second kappa shape index (κ2) is 2.98. The monoisotopic (exact) mass is 145 g/mol. The summed E-state index contributed by atoms with van der Waals surface area (Å²) >= 11 is 0. The summed E-state index contributed by atoms with van der Waals surface area (Å²) in [5, 5.41) is 20.4. The Labute approximate surface area is 58.9 Å². The number of nitrogens with one attached hydrogen (secondary N) is 1. The zero-order valence-corrected chi connectivity index (χ0v) is 5.58. The molecule has 0 radical (unpaired) electrons. The van der Waals surface area contributed by atoms with Gasteiger partial charge in [-0.25, -0.2) is 0 Å². The molecular formula is C6H11NO3. The number of hydrogen-bond acceptors (Lipinski definition) is 3. The zero-order valence-electron chi connectivity index (χ0n) is 5.58. The molecule has 2 atom stereocenters. The molecule has 1 aliphatic rings. The highest BCUT2D eigenvalue weighted by Crippen LogP contribution is 2.12. The number of carboxylic acid groups (broad SMARTS) is 1. The van der Waals surface area contributed by atoms with E-state index in [4.69, 9.17) is 10.2 Å². The largest absolute Gasteiger partial charge is 0.481 e. The Morgan fingerprint density at radius 3 is 2.70 bits per heavy atom. The van der Waals surface area contributed by atoms with Gasteiger partial charge in [-0.2, -0.15) is 0 Å². The molecule has 1 heterocycles. The third kappa shape index (κ3) is 1.68. The minimum Gasteiger partial charge on any atom is -0.481 e. The van der Waals surface area contributed by atoms with Crippen molar-refractivity contribution in [3.8, 4) is 0 Å². The molecule has 1 saturated heterocycles. The van der Waals surface area contributed by atoms with Gasteiger partial charge >= 0.3 is 5.97 Å². The van der Waals surface area contributed by atoms with E-state index in [0.29, 0.717) is 13.1 Å². The second-order valence-corrected chi connectivity index (χ2v) is 2.58. The molecule has 0 unspecified atom stereocenters. The summed E-state index contributed by atoms with van der Waals surface area (Å²) in [7, 11) is 0. The van der Waals surface area contributed by atoms with Crippen LogP contribution in [0.2, 0.25) is 0 Å². The lowest BCUT2D eigenvalue weighted by molar-refractivity contribution is -0.138. The van der Waals surface area contributed by atoms with Crippen molar-refractivity contribution in [2.75, 3.05) is 13.1 Å². The van der Waals surface area contributed by atoms with Gasteiger partial charge in [-0.05, 0) is 0 Å². The van der Waals surface area contributed by atoms with Crippen LogP contribution in [0.4, 0.5) is 0 Å². The maximum Gasteiger partial charge on any atom is 0.303 e. The smallest absolute Gasteiger partial charge is 0.303 e. The van der Waals surface area contributed by atoms with Crippen molar-refractivity contribution in [3.05, 3.63) is 0 Å². The summed E-state index contributed by atoms with van der Waals surface area (Å²) in [6.45, 7) is 1.14. The van der Waals surface area contributed by atoms with E-state index in [0.717, 1.165) is 0 Å². The summed E-state index contributed by atoms with van der Waals surface area (Å²) < 4.78 is 0. The van der Waals surface area contributed by atoms with Crippen LogP contribution in [-0.4, -0.2) is 35.4 Å². The number of hydrogen-bond donors (Lipinski definition) is 3. The SMILES string of the molecule is O=C(O)C[C@@H]1CNC[C@H]1O. The van der Waals surface area contributed by atoms with Crippen molar-refractivity contribution >= 4 is 5.97 Å². The van der Waals surface area contributed by atoms with Crippen molar-refractivity contribution in [1.29, 1.82) is 0 Å². The molecule has 0 aromatic carbocycles. The highest BCUT2D eigenvalue weighted by molar-refractivity contribution is 5.67. The Bertz CT molecular complexity index is 137. The van der Waals surface area contributed by atoms with Gasteiger partial charge in [0.25, 0.3) is 0 Å². The van der Waals surface area contributed by atoms with Gasteiger partial charge in [-0.1, -0.05) is 0 Å². The molecule has 0 bridgehead atoms. The third-order valence-corrected chi connectivity index (χ3v) is 1.74. The fraction of sp³-hybridized carbons (Fsp3) is 0.833. The van der Waals surface area contributed by atoms with Crippen LogP contribution in [0.15, 0.2) is 0 Å². The molecule has 0 aliphatic carbocycles. The molecule has 0 saturated carbocycles. The van der Waals surface area contributed by atoms with Crippen molar-refractivity contribution in [2.45, 2.75) is 12.5 Å². The van der Waals surface area contributed by atoms with Gasteiger partial charge in [-0.3, -0.25) is 4.79 Å². The number of aliphatic carboxylic acids is 1. The first kappa shape index (κ1) is 7.50. The van der Waals surface area contributed by atoms with Crippen LogP contribution in [0, 0.1) is 5.92 Å². The standard InChI is InChI=1S/C6H11NO3/c8-5-3-7-2-4(5)1-6(9)10/h4-5,7-8H,1-3H2,(H,9,10)/t4-,5-/m1/s1. The fourth-order valence-electron chi connectivity index (χ4n) is 1.15. The van der Waals surface area contributed by atoms with Crippen LogP contribution in [0.25, 0.3) is 0 Å². The maximum absolute atomic E-state index is 10.2. The van der Waals surface area contributed by atoms with Gasteiger partial charge in [0.1, 0.15) is 0 Å². The number of aliphatic hydroxyl groups is 1. The van der Waals surface area contributed by atoms with Gasteiger partial charge in [0.15, 0.2) is 0 Å². The van der Waals surface area contributed by atoms with E-state index in [1.54, 1.807) is 0 Å². The van der Waals surface area contributed by atoms with E-state index in [-0.39, 0.29) is 12.3 Å². The Morgan fingerprint density at radius 1 is 1.60 bits per heavy atom. The highest BCUT2D eigenvalue weighted by atomic mass is 16.4. The molecule has 1 aliphatic heterocycles. The first-order valence-corrected chi connectivity index (χ1v) is 3.30. The molecule has 4 nitrogen and oxygen atoms in total. The predicted molar refractivity (Wildman–Crippen MR) is 34.6 cm³/mol. The van der Waals surface area contributed by atoms with Crippen LogP contribution in [0.1, 0.15) is 6.42 Å². The Hall–Kier alpha value is -0.610. The molecule has 10 heavy (non-hydrogen) atoms. The average Bonchev–Trinajstić information content (AvgIpc) is 2.15. The Balaban J connectivity index is 2.33. The van der Waals surface area contributed by atoms with Crippen molar-refractivity contribution in [3.63, 3.8) is 0 Å². The van der Waals surface area contributed by atoms with E-state index in [1.165, 1.54) is 0 Å². The number of rotatable bonds is 2. The Morgan fingerprint density at radius 2 is 2.30 bits per heavy atom. The lowest BCUT2D eigenvalue weighted by Gasteiger charge is -2.08. The van der Waals surface area contributed by atoms with Crippen molar-refractivity contribution in [1.82, 2.24) is 5.32 Å². The van der Waals surface area contributed by atoms with Crippen LogP contribution in [-0.2, 0) is 4.79 Å². The number of β-amino-alcohol motifs (C(OH)–C–C–N with tert-alkyl or cyclic N) is 1. The number of aliphatic hydroxyl groups excluding tert-OH is 1. The highest BCUT2D eigenvalue weighted by Gasteiger charge is 2.26. The molecule has 3 N–H and O–H groups in total. The van der Waals surface area contributed by atoms with Crippen LogP contribution >= 0.6 is 0 Å². The molecule has 1 fully saturated rings. The number of carboxylic acids is 1. The van der Waals surface area contributed by atoms with E-state index >= 15 is 0 Å². The molecule has 58 valence electrons. The molecule has 0 aromatic rings. The molecular weight excluding hydrogens is 134 g/mol. The second-order valence-electron chi connectivity index (χ2n) is 2.58. The lowest BCUT2D eigenvalue weighted by Crippen LogP contribution is -2.20. The maximum atomic E-state index is 10.2. The van der Waals surface area contributed by atoms with Gasteiger partial charge in [0, 0.05) is 19.0 Å². The van der Waals surface area contributed by atoms with Crippen LogP contribution in [0.3, 0.4) is 0 Å². The van der Waals surface area contributed by atoms with Crippen LogP contribution in [0.5, 0.6) is 0 Å². The van der Waals surface area contributed by atoms with Gasteiger partial charge in [0.05, 0.1) is 12.5 Å². The summed E-state index contributed by atoms with van der Waals surface area (Å²) in [6.07, 6.45) is -0.412. The fourth-order valence-corrected chi connectivity index (χ4v) is 1.15. The van der Waals surface area contributed by atoms with E-state index < -0.39 is 12.1 Å². The quantitative estimate of drug-likeness (QED) is 0.468. The molecule has 0 aromatic heterocycles. The first-order valence-electron chi connectivity index (χ1n) is 3.30. The van der Waals surface area contributed by atoms with E-state index in [2.05, 4.69) is 5.32 Å². The number of carbonyl (C=O) groups is 1. The lowest BCUT2D eigenvalue weighted by atomic mass is 10.0. The van der Waals surface area contributed by atoms with Gasteiger partial charge in [0.2, 0.25) is 0 Å². The normalized spacial score (nSPS) is 32.5. The summed E-state index contributed by atoms with van der Waals surface area (Å²) in [6, 6.07) is 0. The van der Waals surface area contributed by atoms with E-state index in [1.807, 2.05) is 0 Å². The van der Waals surface area contributed by atoms with Crippen molar-refractivity contribution < 1.29 is 15.0 Å². The zero-order chi connectivity index (χ0) is 7.56. The minimum atomic E-state index is -0.840. The van der Waals surface area contributed by atoms with Gasteiger partial charge in [-0.15, -0.1) is 0 Å². The molecule has 0 amide bonds. The predicted octanol–water partition coefficient (Wildman–Crippen LogP) is -0.959. The first-order chi connectivity index (χ1) is 4.70. The summed E-state index contributed by atoms with van der Waals surface area (Å²) in [4.78, 5) is 10.2. The summed E-state index contributed by atoms with van der Waals surface area (Å²) in [5.74, 6) is -0.940. The molecule has 4 heteroatoms. The summed E-state index contributed by atoms with van der Waals surface area (Å²) in [5.41, 5.74) is 0. The van der Waals surface area contributed by atoms with Gasteiger partial charge < -0.3 is 15.5 Å². The minimum absolute atomic E-state index is 0.0637. The molecule has 1 rings (SSSR count).